The van der Waals surface area contributed by atoms with Gasteiger partial charge in [-0.3, -0.25) is 0 Å². The van der Waals surface area contributed by atoms with E-state index in [1.165, 1.54) is 0 Å². The third-order valence-corrected chi connectivity index (χ3v) is 2.63. The predicted molar refractivity (Wildman–Crippen MR) is 61.9 cm³/mol. The second-order valence-corrected chi connectivity index (χ2v) is 4.14. The highest BCUT2D eigenvalue weighted by molar-refractivity contribution is 5.93. The van der Waals surface area contributed by atoms with Gasteiger partial charge >= 0.3 is 0 Å². The Hall–Kier alpha value is -1.58. The minimum atomic E-state index is 0.249. The molecule has 1 aromatic heterocycles. The van der Waals surface area contributed by atoms with Crippen LogP contribution in [0.1, 0.15) is 19.5 Å². The van der Waals surface area contributed by atoms with Gasteiger partial charge in [-0.15, -0.1) is 0 Å². The molecular weight excluding hydrogens is 204 g/mol. The number of nitrogens with zero attached hydrogens (tertiary/aromatic N) is 2. The molecule has 0 saturated heterocycles. The minimum absolute atomic E-state index is 0.249. The summed E-state index contributed by atoms with van der Waals surface area (Å²) < 4.78 is 10.6. The summed E-state index contributed by atoms with van der Waals surface area (Å²) in [7, 11) is 1.62. The summed E-state index contributed by atoms with van der Waals surface area (Å²) >= 11 is 0. The van der Waals surface area contributed by atoms with Crippen LogP contribution < -0.4 is 4.74 Å². The van der Waals surface area contributed by atoms with Crippen molar-refractivity contribution in [2.24, 2.45) is 10.9 Å². The third-order valence-electron chi connectivity index (χ3n) is 2.63. The van der Waals surface area contributed by atoms with Crippen LogP contribution in [0.4, 0.5) is 0 Å². The van der Waals surface area contributed by atoms with E-state index in [0.29, 0.717) is 18.4 Å². The van der Waals surface area contributed by atoms with Gasteiger partial charge in [0, 0.05) is 0 Å². The van der Waals surface area contributed by atoms with E-state index in [4.69, 9.17) is 9.47 Å². The van der Waals surface area contributed by atoms with Crippen LogP contribution in [0, 0.1) is 5.92 Å². The smallest absolute Gasteiger partial charge is 0.235 e. The van der Waals surface area contributed by atoms with E-state index < -0.39 is 0 Å². The molecule has 0 amide bonds. The summed E-state index contributed by atoms with van der Waals surface area (Å²) in [5, 5.41) is 0. The second kappa shape index (κ2) is 4.51. The van der Waals surface area contributed by atoms with Gasteiger partial charge in [-0.2, -0.15) is 0 Å². The lowest BCUT2D eigenvalue weighted by Gasteiger charge is -2.06. The Morgan fingerprint density at radius 1 is 1.44 bits per heavy atom. The Balaban J connectivity index is 2.16. The molecule has 0 spiro atoms. The number of aromatic nitrogens is 1. The molecule has 1 aliphatic heterocycles. The molecule has 0 aromatic carbocycles. The maximum atomic E-state index is 5.53. The zero-order valence-electron chi connectivity index (χ0n) is 9.80. The van der Waals surface area contributed by atoms with Crippen molar-refractivity contribution in [1.29, 1.82) is 0 Å². The summed E-state index contributed by atoms with van der Waals surface area (Å²) in [6, 6.07) is 3.97. The molecule has 86 valence electrons. The average molecular weight is 220 g/mol. The fourth-order valence-corrected chi connectivity index (χ4v) is 1.50. The molecule has 0 saturated carbocycles. The second-order valence-electron chi connectivity index (χ2n) is 4.14. The van der Waals surface area contributed by atoms with Crippen LogP contribution in [0.15, 0.2) is 23.3 Å². The van der Waals surface area contributed by atoms with E-state index in [-0.39, 0.29) is 6.04 Å². The van der Waals surface area contributed by atoms with Crippen LogP contribution in [0.3, 0.4) is 0 Å². The number of aliphatic imine (C=N–C) groups is 1. The first kappa shape index (κ1) is 10.9. The average Bonchev–Trinajstić information content (AvgIpc) is 2.78. The van der Waals surface area contributed by atoms with Crippen LogP contribution >= 0.6 is 0 Å². The van der Waals surface area contributed by atoms with Crippen molar-refractivity contribution in [2.45, 2.75) is 19.9 Å². The van der Waals surface area contributed by atoms with Gasteiger partial charge in [-0.05, 0) is 18.1 Å². The fourth-order valence-electron chi connectivity index (χ4n) is 1.50. The van der Waals surface area contributed by atoms with Gasteiger partial charge < -0.3 is 9.47 Å². The number of hydrogen-bond donors (Lipinski definition) is 0. The van der Waals surface area contributed by atoms with Gasteiger partial charge in [-0.25, -0.2) is 9.98 Å². The Morgan fingerprint density at radius 3 is 2.75 bits per heavy atom. The number of hydrogen-bond acceptors (Lipinski definition) is 4. The highest BCUT2D eigenvalue weighted by Crippen LogP contribution is 2.17. The van der Waals surface area contributed by atoms with Crippen molar-refractivity contribution in [2.75, 3.05) is 13.7 Å². The molecule has 4 nitrogen and oxygen atoms in total. The quantitative estimate of drug-likeness (QED) is 0.781. The summed E-state index contributed by atoms with van der Waals surface area (Å²) in [6.45, 7) is 4.94. The molecular formula is C12H16N2O2. The van der Waals surface area contributed by atoms with E-state index in [1.54, 1.807) is 13.3 Å². The number of ether oxygens (including phenoxy) is 2. The van der Waals surface area contributed by atoms with Crippen molar-refractivity contribution < 1.29 is 9.47 Å². The summed E-state index contributed by atoms with van der Waals surface area (Å²) in [4.78, 5) is 8.75. The van der Waals surface area contributed by atoms with Crippen LogP contribution in [-0.2, 0) is 4.74 Å². The molecule has 2 rings (SSSR count). The summed E-state index contributed by atoms with van der Waals surface area (Å²) in [6.07, 6.45) is 1.67. The lowest BCUT2D eigenvalue weighted by atomic mass is 10.1. The molecule has 0 unspecified atom stereocenters. The van der Waals surface area contributed by atoms with Crippen molar-refractivity contribution in [1.82, 2.24) is 4.98 Å². The number of pyridine rings is 1. The lowest BCUT2D eigenvalue weighted by Crippen LogP contribution is -2.13. The van der Waals surface area contributed by atoms with Crippen LogP contribution in [0.2, 0.25) is 0 Å². The van der Waals surface area contributed by atoms with E-state index in [1.807, 2.05) is 12.1 Å². The first-order chi connectivity index (χ1) is 7.70. The Labute approximate surface area is 95.3 Å². The van der Waals surface area contributed by atoms with Crippen molar-refractivity contribution >= 4 is 5.90 Å². The Kier molecular flexibility index (Phi) is 3.08. The third kappa shape index (κ3) is 2.15. The zero-order valence-corrected chi connectivity index (χ0v) is 9.80. The first-order valence-corrected chi connectivity index (χ1v) is 5.41. The number of methoxy groups -OCH3 is 1. The van der Waals surface area contributed by atoms with Gasteiger partial charge in [0.25, 0.3) is 0 Å². The Morgan fingerprint density at radius 2 is 2.25 bits per heavy atom. The standard InChI is InChI=1S/C12H16N2O2/c1-8(2)11-7-16-12(14-11)10-5-4-9(15-3)6-13-10/h4-6,8,11H,7H2,1-3H3/t11-/m0/s1. The molecule has 0 radical (unpaired) electrons. The molecule has 16 heavy (non-hydrogen) atoms. The Bertz CT molecular complexity index is 385. The normalized spacial score (nSPS) is 19.5. The van der Waals surface area contributed by atoms with E-state index in [2.05, 4.69) is 23.8 Å². The summed E-state index contributed by atoms with van der Waals surface area (Å²) in [5.74, 6) is 1.87. The largest absolute Gasteiger partial charge is 0.495 e. The molecule has 1 atom stereocenters. The molecule has 1 aliphatic rings. The highest BCUT2D eigenvalue weighted by Gasteiger charge is 2.23. The van der Waals surface area contributed by atoms with Gasteiger partial charge in [0.15, 0.2) is 0 Å². The maximum absolute atomic E-state index is 5.53. The first-order valence-electron chi connectivity index (χ1n) is 5.41. The monoisotopic (exact) mass is 220 g/mol. The van der Waals surface area contributed by atoms with Gasteiger partial charge in [0.05, 0.1) is 19.3 Å². The highest BCUT2D eigenvalue weighted by atomic mass is 16.5. The summed E-state index contributed by atoms with van der Waals surface area (Å²) in [5.41, 5.74) is 0.768. The topological polar surface area (TPSA) is 43.7 Å². The van der Waals surface area contributed by atoms with E-state index in [9.17, 15) is 0 Å². The van der Waals surface area contributed by atoms with Gasteiger partial charge in [0.1, 0.15) is 18.1 Å². The van der Waals surface area contributed by atoms with E-state index >= 15 is 0 Å². The van der Waals surface area contributed by atoms with Crippen LogP contribution in [-0.4, -0.2) is 30.6 Å². The predicted octanol–water partition coefficient (Wildman–Crippen LogP) is 1.89. The molecule has 4 heteroatoms. The van der Waals surface area contributed by atoms with Gasteiger partial charge in [0.2, 0.25) is 5.90 Å². The molecule has 0 bridgehead atoms. The zero-order chi connectivity index (χ0) is 11.5. The van der Waals surface area contributed by atoms with Crippen molar-refractivity contribution in [3.05, 3.63) is 24.0 Å². The fraction of sp³-hybridized carbons (Fsp3) is 0.500. The molecule has 0 fully saturated rings. The SMILES string of the molecule is COc1ccc(C2=N[C@H](C(C)C)CO2)nc1. The van der Waals surface area contributed by atoms with Crippen molar-refractivity contribution in [3.8, 4) is 5.75 Å². The molecule has 0 N–H and O–H groups in total. The maximum Gasteiger partial charge on any atom is 0.235 e. The molecule has 1 aromatic rings. The minimum Gasteiger partial charge on any atom is -0.495 e. The van der Waals surface area contributed by atoms with Gasteiger partial charge in [-0.1, -0.05) is 13.8 Å². The number of rotatable bonds is 3. The molecule has 2 heterocycles. The van der Waals surface area contributed by atoms with Crippen molar-refractivity contribution in [3.63, 3.8) is 0 Å². The molecule has 0 aliphatic carbocycles. The van der Waals surface area contributed by atoms with Crippen LogP contribution in [0.25, 0.3) is 0 Å². The van der Waals surface area contributed by atoms with E-state index in [0.717, 1.165) is 11.4 Å². The lowest BCUT2D eigenvalue weighted by molar-refractivity contribution is 0.291. The van der Waals surface area contributed by atoms with Crippen LogP contribution in [0.5, 0.6) is 5.75 Å².